The molecule has 0 aromatic heterocycles. The Morgan fingerprint density at radius 3 is 2.56 bits per heavy atom. The van der Waals surface area contributed by atoms with Crippen molar-refractivity contribution in [2.24, 2.45) is 5.10 Å². The van der Waals surface area contributed by atoms with Crippen molar-refractivity contribution in [2.45, 2.75) is 12.5 Å². The van der Waals surface area contributed by atoms with Crippen LogP contribution in [0.3, 0.4) is 0 Å². The molecule has 3 amide bonds. The van der Waals surface area contributed by atoms with E-state index < -0.39 is 23.3 Å². The number of benzene rings is 2. The number of carbonyl (C=O) groups excluding carboxylic acids is 2. The van der Waals surface area contributed by atoms with Crippen molar-refractivity contribution in [3.8, 4) is 5.75 Å². The van der Waals surface area contributed by atoms with Crippen LogP contribution in [-0.4, -0.2) is 30.3 Å². The van der Waals surface area contributed by atoms with Gasteiger partial charge in [0.15, 0.2) is 0 Å². The molecule has 0 aliphatic carbocycles. The minimum absolute atomic E-state index is 0.427. The predicted molar refractivity (Wildman–Crippen MR) is 89.7 cm³/mol. The number of carbonyl (C=O) groups is 2. The van der Waals surface area contributed by atoms with Gasteiger partial charge in [0.05, 0.1) is 13.3 Å². The molecule has 1 saturated heterocycles. The van der Waals surface area contributed by atoms with E-state index in [1.807, 2.05) is 0 Å². The summed E-state index contributed by atoms with van der Waals surface area (Å²) in [5.74, 6) is -0.301. The summed E-state index contributed by atoms with van der Waals surface area (Å²) in [4.78, 5) is 24.9. The van der Waals surface area contributed by atoms with Gasteiger partial charge in [-0.05, 0) is 42.3 Å². The Labute approximate surface area is 143 Å². The van der Waals surface area contributed by atoms with Gasteiger partial charge in [-0.2, -0.15) is 5.10 Å². The number of imide groups is 1. The first-order valence-corrected chi connectivity index (χ1v) is 7.55. The van der Waals surface area contributed by atoms with Crippen molar-refractivity contribution in [3.63, 3.8) is 0 Å². The number of hydrogen-bond donors (Lipinski definition) is 1. The first kappa shape index (κ1) is 16.6. The van der Waals surface area contributed by atoms with Crippen LogP contribution in [0, 0.1) is 5.82 Å². The van der Waals surface area contributed by atoms with Crippen LogP contribution in [-0.2, 0) is 10.3 Å². The van der Waals surface area contributed by atoms with Gasteiger partial charge >= 0.3 is 6.03 Å². The average Bonchev–Trinajstić information content (AvgIpc) is 2.83. The van der Waals surface area contributed by atoms with Crippen molar-refractivity contribution in [2.75, 3.05) is 7.11 Å². The van der Waals surface area contributed by atoms with Gasteiger partial charge in [0.2, 0.25) is 0 Å². The van der Waals surface area contributed by atoms with E-state index in [1.54, 1.807) is 44.4 Å². The highest BCUT2D eigenvalue weighted by molar-refractivity contribution is 6.07. The number of urea groups is 1. The van der Waals surface area contributed by atoms with Gasteiger partial charge in [0.1, 0.15) is 17.1 Å². The number of rotatable bonds is 4. The lowest BCUT2D eigenvalue weighted by Crippen LogP contribution is -2.40. The summed E-state index contributed by atoms with van der Waals surface area (Å²) in [5, 5.41) is 7.29. The zero-order valence-corrected chi connectivity index (χ0v) is 13.7. The third kappa shape index (κ3) is 3.08. The third-order valence-electron chi connectivity index (χ3n) is 4.01. The molecule has 2 aromatic carbocycles. The molecule has 25 heavy (non-hydrogen) atoms. The van der Waals surface area contributed by atoms with E-state index >= 15 is 0 Å². The van der Waals surface area contributed by atoms with Gasteiger partial charge in [0.25, 0.3) is 5.91 Å². The van der Waals surface area contributed by atoms with Gasteiger partial charge < -0.3 is 10.1 Å². The molecule has 1 fully saturated rings. The molecule has 0 unspecified atom stereocenters. The first-order valence-electron chi connectivity index (χ1n) is 7.55. The van der Waals surface area contributed by atoms with Crippen LogP contribution in [0.25, 0.3) is 0 Å². The van der Waals surface area contributed by atoms with Crippen molar-refractivity contribution >= 4 is 18.2 Å². The lowest BCUT2D eigenvalue weighted by molar-refractivity contribution is -0.131. The van der Waals surface area contributed by atoms with Crippen LogP contribution in [0.2, 0.25) is 0 Å². The van der Waals surface area contributed by atoms with E-state index in [9.17, 15) is 14.0 Å². The molecule has 0 saturated carbocycles. The monoisotopic (exact) mass is 341 g/mol. The summed E-state index contributed by atoms with van der Waals surface area (Å²) in [6, 6.07) is 11.9. The van der Waals surface area contributed by atoms with Gasteiger partial charge in [-0.25, -0.2) is 9.18 Å². The highest BCUT2D eigenvalue weighted by Gasteiger charge is 2.49. The second-order valence-electron chi connectivity index (χ2n) is 5.70. The maximum Gasteiger partial charge on any atom is 0.346 e. The number of nitrogens with one attached hydrogen (secondary N) is 1. The average molecular weight is 341 g/mol. The minimum Gasteiger partial charge on any atom is -0.497 e. The molecule has 6 nitrogen and oxygen atoms in total. The van der Waals surface area contributed by atoms with E-state index in [4.69, 9.17) is 4.74 Å². The standard InChI is InChI=1S/C18H16FN3O3/c1-18(13-6-8-15(25-2)9-7-13)16(23)22(17(24)21-18)20-11-12-4-3-5-14(19)10-12/h3-11H,1-2H3,(H,21,24)/t18-/m1/s1. The molecular weight excluding hydrogens is 325 g/mol. The fourth-order valence-electron chi connectivity index (χ4n) is 2.56. The third-order valence-corrected chi connectivity index (χ3v) is 4.01. The van der Waals surface area contributed by atoms with Crippen LogP contribution in [0.5, 0.6) is 5.75 Å². The first-order chi connectivity index (χ1) is 11.9. The van der Waals surface area contributed by atoms with Crippen molar-refractivity contribution in [1.29, 1.82) is 0 Å². The van der Waals surface area contributed by atoms with Crippen molar-refractivity contribution < 1.29 is 18.7 Å². The molecule has 1 atom stereocenters. The molecule has 0 spiro atoms. The van der Waals surface area contributed by atoms with E-state index in [2.05, 4.69) is 10.4 Å². The number of methoxy groups -OCH3 is 1. The van der Waals surface area contributed by atoms with Crippen molar-refractivity contribution in [1.82, 2.24) is 10.3 Å². The smallest absolute Gasteiger partial charge is 0.346 e. The second-order valence-corrected chi connectivity index (χ2v) is 5.70. The molecule has 3 rings (SSSR count). The molecule has 1 heterocycles. The zero-order valence-electron chi connectivity index (χ0n) is 13.7. The predicted octanol–water partition coefficient (Wildman–Crippen LogP) is 2.64. The van der Waals surface area contributed by atoms with E-state index in [0.717, 1.165) is 5.01 Å². The number of ether oxygens (including phenoxy) is 1. The Bertz CT molecular complexity index is 851. The summed E-state index contributed by atoms with van der Waals surface area (Å²) < 4.78 is 18.3. The molecule has 1 aliphatic rings. The second kappa shape index (κ2) is 6.35. The van der Waals surface area contributed by atoms with E-state index in [0.29, 0.717) is 16.9 Å². The topological polar surface area (TPSA) is 71.0 Å². The van der Waals surface area contributed by atoms with Crippen LogP contribution in [0.15, 0.2) is 53.6 Å². The fraction of sp³-hybridized carbons (Fsp3) is 0.167. The molecule has 1 N–H and O–H groups in total. The van der Waals surface area contributed by atoms with Crippen molar-refractivity contribution in [3.05, 3.63) is 65.5 Å². The Kier molecular flexibility index (Phi) is 4.22. The Morgan fingerprint density at radius 2 is 1.92 bits per heavy atom. The Morgan fingerprint density at radius 1 is 1.20 bits per heavy atom. The SMILES string of the molecule is COc1ccc([C@@]2(C)NC(=O)N(N=Cc3cccc(F)c3)C2=O)cc1. The minimum atomic E-state index is -1.23. The molecule has 7 heteroatoms. The van der Waals surface area contributed by atoms with Gasteiger partial charge in [-0.15, -0.1) is 5.01 Å². The van der Waals surface area contributed by atoms with Crippen LogP contribution >= 0.6 is 0 Å². The quantitative estimate of drug-likeness (QED) is 0.686. The van der Waals surface area contributed by atoms with Crippen LogP contribution in [0.1, 0.15) is 18.1 Å². The van der Waals surface area contributed by atoms with E-state index in [1.165, 1.54) is 24.4 Å². The maximum absolute atomic E-state index is 13.2. The number of amides is 3. The lowest BCUT2D eigenvalue weighted by Gasteiger charge is -2.21. The zero-order chi connectivity index (χ0) is 18.0. The van der Waals surface area contributed by atoms with Gasteiger partial charge in [-0.1, -0.05) is 24.3 Å². The van der Waals surface area contributed by atoms with Crippen LogP contribution < -0.4 is 10.1 Å². The van der Waals surface area contributed by atoms with Gasteiger partial charge in [0, 0.05) is 0 Å². The highest BCUT2D eigenvalue weighted by atomic mass is 19.1. The summed E-state index contributed by atoms with van der Waals surface area (Å²) in [7, 11) is 1.54. The number of hydrazone groups is 1. The molecule has 2 aromatic rings. The Balaban J connectivity index is 1.86. The lowest BCUT2D eigenvalue weighted by atomic mass is 9.92. The van der Waals surface area contributed by atoms with E-state index in [-0.39, 0.29) is 0 Å². The summed E-state index contributed by atoms with van der Waals surface area (Å²) in [5.41, 5.74) is -0.184. The van der Waals surface area contributed by atoms with Gasteiger partial charge in [-0.3, -0.25) is 4.79 Å². The molecule has 0 bridgehead atoms. The number of nitrogens with zero attached hydrogens (tertiary/aromatic N) is 2. The normalized spacial score (nSPS) is 20.2. The van der Waals surface area contributed by atoms with Crippen LogP contribution in [0.4, 0.5) is 9.18 Å². The Hall–Kier alpha value is -3.22. The molecule has 1 aliphatic heterocycles. The highest BCUT2D eigenvalue weighted by Crippen LogP contribution is 2.30. The molecular formula is C18H16FN3O3. The number of hydrogen-bond acceptors (Lipinski definition) is 4. The largest absolute Gasteiger partial charge is 0.497 e. The summed E-state index contributed by atoms with van der Waals surface area (Å²) >= 11 is 0. The molecule has 0 radical (unpaired) electrons. The fourth-order valence-corrected chi connectivity index (χ4v) is 2.56. The molecule has 128 valence electrons. The summed E-state index contributed by atoms with van der Waals surface area (Å²) in [6.45, 7) is 1.60. The maximum atomic E-state index is 13.2. The number of halogens is 1. The summed E-state index contributed by atoms with van der Waals surface area (Å²) in [6.07, 6.45) is 1.26.